The zero-order chi connectivity index (χ0) is 11.8. The molecular formula is C14H16BN. The summed E-state index contributed by atoms with van der Waals surface area (Å²) < 4.78 is 0. The first-order valence-corrected chi connectivity index (χ1v) is 5.58. The Kier molecular flexibility index (Phi) is 2.75. The van der Waals surface area contributed by atoms with E-state index in [4.69, 9.17) is 7.85 Å². The van der Waals surface area contributed by atoms with E-state index in [2.05, 4.69) is 44.0 Å². The van der Waals surface area contributed by atoms with Gasteiger partial charge in [-0.2, -0.15) is 0 Å². The molecule has 2 radical (unpaired) electrons. The number of hydrogen-bond donors (Lipinski definition) is 0. The maximum atomic E-state index is 6.31. The minimum Gasteiger partial charge on any atom is -0.264 e. The molecule has 0 saturated heterocycles. The van der Waals surface area contributed by atoms with Crippen LogP contribution in [0.15, 0.2) is 47.8 Å². The zero-order valence-electron chi connectivity index (χ0n) is 10.1. The molecule has 80 valence electrons. The van der Waals surface area contributed by atoms with Gasteiger partial charge in [0.1, 0.15) is 0 Å². The van der Waals surface area contributed by atoms with E-state index in [1.54, 1.807) is 6.20 Å². The van der Waals surface area contributed by atoms with Gasteiger partial charge in [0.25, 0.3) is 0 Å². The third-order valence-corrected chi connectivity index (χ3v) is 3.40. The van der Waals surface area contributed by atoms with Crippen molar-refractivity contribution in [2.45, 2.75) is 32.0 Å². The fourth-order valence-electron chi connectivity index (χ4n) is 2.47. The highest BCUT2D eigenvalue weighted by Gasteiger charge is 2.33. The second-order valence-electron chi connectivity index (χ2n) is 4.78. The minimum absolute atomic E-state index is 0.0281. The fourth-order valence-corrected chi connectivity index (χ4v) is 2.47. The van der Waals surface area contributed by atoms with Crippen LogP contribution in [-0.4, -0.2) is 12.8 Å². The van der Waals surface area contributed by atoms with Crippen molar-refractivity contribution in [2.75, 3.05) is 0 Å². The van der Waals surface area contributed by atoms with Crippen molar-refractivity contribution in [1.29, 1.82) is 0 Å². The van der Waals surface area contributed by atoms with E-state index >= 15 is 0 Å². The lowest BCUT2D eigenvalue weighted by Crippen LogP contribution is -2.29. The van der Waals surface area contributed by atoms with Crippen LogP contribution in [0.5, 0.6) is 0 Å². The fraction of sp³-hybridized carbons (Fsp3) is 0.357. The Morgan fingerprint density at radius 3 is 2.75 bits per heavy atom. The summed E-state index contributed by atoms with van der Waals surface area (Å²) in [7, 11) is 6.31. The highest BCUT2D eigenvalue weighted by molar-refractivity contribution is 6.15. The van der Waals surface area contributed by atoms with Crippen LogP contribution >= 0.6 is 0 Å². The van der Waals surface area contributed by atoms with Crippen molar-refractivity contribution >= 4 is 7.85 Å². The Balaban J connectivity index is 2.51. The van der Waals surface area contributed by atoms with Crippen LogP contribution in [0.25, 0.3) is 0 Å². The highest BCUT2D eigenvalue weighted by Crippen LogP contribution is 2.43. The van der Waals surface area contributed by atoms with E-state index in [0.717, 1.165) is 0 Å². The summed E-state index contributed by atoms with van der Waals surface area (Å²) in [6, 6.07) is 4.05. The molecule has 2 rings (SSSR count). The molecule has 0 aromatic carbocycles. The van der Waals surface area contributed by atoms with E-state index in [1.165, 1.54) is 16.7 Å². The summed E-state index contributed by atoms with van der Waals surface area (Å²) in [6.45, 7) is 6.38. The van der Waals surface area contributed by atoms with Gasteiger partial charge in [-0.3, -0.25) is 4.98 Å². The van der Waals surface area contributed by atoms with Gasteiger partial charge >= 0.3 is 0 Å². The van der Waals surface area contributed by atoms with Gasteiger partial charge in [-0.05, 0) is 31.3 Å². The Morgan fingerprint density at radius 2 is 2.12 bits per heavy atom. The van der Waals surface area contributed by atoms with Gasteiger partial charge in [0.05, 0.1) is 7.85 Å². The van der Waals surface area contributed by atoms with Gasteiger partial charge < -0.3 is 0 Å². The van der Waals surface area contributed by atoms with E-state index in [-0.39, 0.29) is 11.2 Å². The molecule has 0 bridgehead atoms. The summed E-state index contributed by atoms with van der Waals surface area (Å²) in [5.74, 6) is 0.0281. The van der Waals surface area contributed by atoms with Crippen LogP contribution in [0.4, 0.5) is 0 Å². The van der Waals surface area contributed by atoms with Crippen LogP contribution in [0.3, 0.4) is 0 Å². The minimum atomic E-state index is -0.142. The topological polar surface area (TPSA) is 12.9 Å². The van der Waals surface area contributed by atoms with Crippen molar-refractivity contribution in [3.8, 4) is 0 Å². The first-order valence-electron chi connectivity index (χ1n) is 5.58. The van der Waals surface area contributed by atoms with Gasteiger partial charge in [0.15, 0.2) is 0 Å². The van der Waals surface area contributed by atoms with Crippen LogP contribution < -0.4 is 0 Å². The summed E-state index contributed by atoms with van der Waals surface area (Å²) in [5, 5.41) is 0. The largest absolute Gasteiger partial charge is 0.264 e. The van der Waals surface area contributed by atoms with Crippen molar-refractivity contribution in [2.24, 2.45) is 0 Å². The zero-order valence-corrected chi connectivity index (χ0v) is 10.1. The number of hydrogen-bond acceptors (Lipinski definition) is 1. The van der Waals surface area contributed by atoms with Crippen LogP contribution in [0.2, 0.25) is 5.82 Å². The van der Waals surface area contributed by atoms with Gasteiger partial charge in [0, 0.05) is 17.8 Å². The Labute approximate surface area is 98.7 Å². The van der Waals surface area contributed by atoms with E-state index < -0.39 is 0 Å². The molecule has 1 aliphatic rings. The molecule has 1 nitrogen and oxygen atoms in total. The maximum absolute atomic E-state index is 6.31. The van der Waals surface area contributed by atoms with Crippen molar-refractivity contribution in [1.82, 2.24) is 4.98 Å². The second kappa shape index (κ2) is 3.93. The third kappa shape index (κ3) is 1.73. The molecule has 1 heterocycles. The Bertz CT molecular complexity index is 447. The lowest BCUT2D eigenvalue weighted by molar-refractivity contribution is 0.573. The molecule has 2 atom stereocenters. The lowest BCUT2D eigenvalue weighted by Gasteiger charge is -2.38. The predicted octanol–water partition coefficient (Wildman–Crippen LogP) is 3.20. The normalized spacial score (nSPS) is 29.6. The Hall–Kier alpha value is -1.31. The van der Waals surface area contributed by atoms with E-state index in [9.17, 15) is 0 Å². The number of aromatic nitrogens is 1. The number of rotatable bonds is 1. The first-order chi connectivity index (χ1) is 7.54. The maximum Gasteiger partial charge on any atom is 0.0775 e. The number of pyridine rings is 1. The standard InChI is InChI=1S/C14H16BN/c1-10-7-11(2)13(15)14(3,8-10)12-5-4-6-16-9-12/h4-9,13H,1-3H3. The number of allylic oxidation sites excluding steroid dienone is 4. The van der Waals surface area contributed by atoms with Crippen molar-refractivity contribution in [3.63, 3.8) is 0 Å². The van der Waals surface area contributed by atoms with Crippen molar-refractivity contribution < 1.29 is 0 Å². The van der Waals surface area contributed by atoms with Gasteiger partial charge in [-0.1, -0.05) is 36.3 Å². The predicted molar refractivity (Wildman–Crippen MR) is 68.6 cm³/mol. The van der Waals surface area contributed by atoms with Gasteiger partial charge in [-0.25, -0.2) is 0 Å². The van der Waals surface area contributed by atoms with Crippen molar-refractivity contribution in [3.05, 3.63) is 53.4 Å². The first kappa shape index (κ1) is 11.2. The monoisotopic (exact) mass is 209 g/mol. The van der Waals surface area contributed by atoms with Gasteiger partial charge in [0.2, 0.25) is 0 Å². The molecule has 0 spiro atoms. The summed E-state index contributed by atoms with van der Waals surface area (Å²) in [5.41, 5.74) is 3.53. The quantitative estimate of drug-likeness (QED) is 0.647. The average Bonchev–Trinajstić information content (AvgIpc) is 2.27. The second-order valence-corrected chi connectivity index (χ2v) is 4.78. The summed E-state index contributed by atoms with van der Waals surface area (Å²) >= 11 is 0. The SMILES string of the molecule is [B]C1C(C)=CC(C)=CC1(C)c1cccnc1. The Morgan fingerprint density at radius 1 is 1.38 bits per heavy atom. The summed E-state index contributed by atoms with van der Waals surface area (Å²) in [4.78, 5) is 4.19. The van der Waals surface area contributed by atoms with Gasteiger partial charge in [-0.15, -0.1) is 0 Å². The smallest absolute Gasteiger partial charge is 0.0775 e. The molecule has 1 aromatic rings. The molecule has 1 aromatic heterocycles. The van der Waals surface area contributed by atoms with E-state index in [1.807, 2.05) is 12.3 Å². The number of nitrogens with zero attached hydrogens (tertiary/aromatic N) is 1. The molecular weight excluding hydrogens is 193 g/mol. The van der Waals surface area contributed by atoms with Crippen LogP contribution in [0, 0.1) is 0 Å². The molecule has 0 fully saturated rings. The molecule has 0 saturated carbocycles. The molecule has 1 aliphatic carbocycles. The molecule has 0 amide bonds. The molecule has 0 aliphatic heterocycles. The van der Waals surface area contributed by atoms with Crippen LogP contribution in [0.1, 0.15) is 26.3 Å². The highest BCUT2D eigenvalue weighted by atomic mass is 14.6. The molecule has 0 N–H and O–H groups in total. The summed E-state index contributed by atoms with van der Waals surface area (Å²) in [6.07, 6.45) is 8.09. The molecule has 2 unspecified atom stereocenters. The molecule has 2 heteroatoms. The molecule has 16 heavy (non-hydrogen) atoms. The lowest BCUT2D eigenvalue weighted by atomic mass is 9.58. The van der Waals surface area contributed by atoms with E-state index in [0.29, 0.717) is 0 Å². The third-order valence-electron chi connectivity index (χ3n) is 3.40. The van der Waals surface area contributed by atoms with Crippen LogP contribution in [-0.2, 0) is 5.41 Å². The average molecular weight is 209 g/mol.